The number of rotatable bonds is 2. The summed E-state index contributed by atoms with van der Waals surface area (Å²) in [5.41, 5.74) is 1.70. The number of ether oxygens (including phenoxy) is 2. The SMILES string of the molecule is COc1cc2c(cc1OC)C1(CCNCC1)NCC2=O. The van der Waals surface area contributed by atoms with E-state index >= 15 is 0 Å². The fourth-order valence-corrected chi connectivity index (χ4v) is 3.25. The summed E-state index contributed by atoms with van der Waals surface area (Å²) in [6.45, 7) is 2.30. The van der Waals surface area contributed by atoms with Crippen molar-refractivity contribution in [1.82, 2.24) is 10.6 Å². The Morgan fingerprint density at radius 2 is 1.75 bits per heavy atom. The van der Waals surface area contributed by atoms with Crippen LogP contribution < -0.4 is 20.1 Å². The predicted octanol–water partition coefficient (Wildman–Crippen LogP) is 1.07. The van der Waals surface area contributed by atoms with Gasteiger partial charge in [0.2, 0.25) is 0 Å². The maximum Gasteiger partial charge on any atom is 0.177 e. The van der Waals surface area contributed by atoms with Crippen LogP contribution in [0, 0.1) is 0 Å². The number of Topliss-reactive ketones (excluding diaryl/α,β-unsaturated/α-hetero) is 1. The largest absolute Gasteiger partial charge is 0.493 e. The van der Waals surface area contributed by atoms with Crippen LogP contribution >= 0.6 is 0 Å². The minimum Gasteiger partial charge on any atom is -0.493 e. The van der Waals surface area contributed by atoms with Crippen LogP contribution in [0.2, 0.25) is 0 Å². The molecule has 1 aromatic carbocycles. The lowest BCUT2D eigenvalue weighted by Gasteiger charge is -2.43. The summed E-state index contributed by atoms with van der Waals surface area (Å²) < 4.78 is 10.7. The molecule has 0 radical (unpaired) electrons. The van der Waals surface area contributed by atoms with Crippen LogP contribution in [0.25, 0.3) is 0 Å². The number of methoxy groups -OCH3 is 2. The van der Waals surface area contributed by atoms with E-state index in [1.807, 2.05) is 12.1 Å². The van der Waals surface area contributed by atoms with Crippen LogP contribution in [0.1, 0.15) is 28.8 Å². The molecular weight excluding hydrogens is 256 g/mol. The van der Waals surface area contributed by atoms with Crippen LogP contribution in [-0.4, -0.2) is 39.6 Å². The van der Waals surface area contributed by atoms with Gasteiger partial charge in [0.15, 0.2) is 17.3 Å². The van der Waals surface area contributed by atoms with Gasteiger partial charge in [0.25, 0.3) is 0 Å². The van der Waals surface area contributed by atoms with E-state index in [9.17, 15) is 4.79 Å². The average Bonchev–Trinajstić information content (AvgIpc) is 2.51. The number of fused-ring (bicyclic) bond motifs is 2. The summed E-state index contributed by atoms with van der Waals surface area (Å²) in [7, 11) is 3.22. The molecule has 3 rings (SSSR count). The molecule has 2 aliphatic rings. The Morgan fingerprint density at radius 1 is 1.10 bits per heavy atom. The van der Waals surface area contributed by atoms with Crippen molar-refractivity contribution < 1.29 is 14.3 Å². The molecule has 1 saturated heterocycles. The Balaban J connectivity index is 2.14. The number of hydrogen-bond donors (Lipinski definition) is 2. The fraction of sp³-hybridized carbons (Fsp3) is 0.533. The summed E-state index contributed by atoms with van der Waals surface area (Å²) in [6.07, 6.45) is 1.95. The molecule has 0 atom stereocenters. The van der Waals surface area contributed by atoms with Crippen molar-refractivity contribution in [2.45, 2.75) is 18.4 Å². The van der Waals surface area contributed by atoms with Crippen molar-refractivity contribution in [2.75, 3.05) is 33.9 Å². The van der Waals surface area contributed by atoms with E-state index in [-0.39, 0.29) is 11.3 Å². The van der Waals surface area contributed by atoms with E-state index in [4.69, 9.17) is 9.47 Å². The highest BCUT2D eigenvalue weighted by Crippen LogP contribution is 2.41. The number of carbonyl (C=O) groups is 1. The van der Waals surface area contributed by atoms with Crippen molar-refractivity contribution in [2.24, 2.45) is 0 Å². The minimum absolute atomic E-state index is 0.116. The molecular formula is C15H20N2O3. The van der Waals surface area contributed by atoms with E-state index in [1.54, 1.807) is 14.2 Å². The third-order valence-corrected chi connectivity index (χ3v) is 4.38. The second kappa shape index (κ2) is 5.07. The molecule has 0 aromatic heterocycles. The molecule has 2 heterocycles. The zero-order valence-corrected chi connectivity index (χ0v) is 11.9. The molecule has 5 heteroatoms. The highest BCUT2D eigenvalue weighted by molar-refractivity contribution is 6.01. The summed E-state index contributed by atoms with van der Waals surface area (Å²) in [6, 6.07) is 3.78. The van der Waals surface area contributed by atoms with Crippen molar-refractivity contribution >= 4 is 5.78 Å². The first-order valence-electron chi connectivity index (χ1n) is 6.95. The molecule has 20 heavy (non-hydrogen) atoms. The number of carbonyl (C=O) groups excluding carboxylic acids is 1. The standard InChI is InChI=1S/C15H20N2O3/c1-19-13-7-10-11(8-14(13)20-2)15(17-9-12(10)18)3-5-16-6-4-15/h7-8,16-17H,3-6,9H2,1-2H3. The van der Waals surface area contributed by atoms with Gasteiger partial charge in [-0.2, -0.15) is 0 Å². The summed E-state index contributed by atoms with van der Waals surface area (Å²) in [5, 5.41) is 6.81. The van der Waals surface area contributed by atoms with Crippen LogP contribution in [-0.2, 0) is 5.54 Å². The fourth-order valence-electron chi connectivity index (χ4n) is 3.25. The number of nitrogens with one attached hydrogen (secondary N) is 2. The highest BCUT2D eigenvalue weighted by atomic mass is 16.5. The molecule has 0 unspecified atom stereocenters. The van der Waals surface area contributed by atoms with Crippen LogP contribution in [0.5, 0.6) is 11.5 Å². The Bertz CT molecular complexity index is 536. The van der Waals surface area contributed by atoms with Gasteiger partial charge in [0.1, 0.15) is 0 Å². The third-order valence-electron chi connectivity index (χ3n) is 4.38. The van der Waals surface area contributed by atoms with Gasteiger partial charge in [-0.1, -0.05) is 0 Å². The zero-order chi connectivity index (χ0) is 14.2. The molecule has 0 amide bonds. The Morgan fingerprint density at radius 3 is 2.40 bits per heavy atom. The van der Waals surface area contributed by atoms with Crippen LogP contribution in [0.15, 0.2) is 12.1 Å². The molecule has 1 spiro atoms. The first kappa shape index (κ1) is 13.4. The number of benzene rings is 1. The normalized spacial score (nSPS) is 20.6. The maximum absolute atomic E-state index is 12.2. The highest BCUT2D eigenvalue weighted by Gasteiger charge is 2.40. The van der Waals surface area contributed by atoms with Gasteiger partial charge in [-0.05, 0) is 43.6 Å². The zero-order valence-electron chi connectivity index (χ0n) is 11.9. The van der Waals surface area contributed by atoms with Crippen molar-refractivity contribution in [3.05, 3.63) is 23.3 Å². The molecule has 1 aromatic rings. The van der Waals surface area contributed by atoms with Gasteiger partial charge in [-0.15, -0.1) is 0 Å². The quantitative estimate of drug-likeness (QED) is 0.846. The molecule has 0 bridgehead atoms. The van der Waals surface area contributed by atoms with Crippen molar-refractivity contribution in [3.8, 4) is 11.5 Å². The topological polar surface area (TPSA) is 59.6 Å². The second-order valence-corrected chi connectivity index (χ2v) is 5.36. The monoisotopic (exact) mass is 276 g/mol. The van der Waals surface area contributed by atoms with Crippen LogP contribution in [0.3, 0.4) is 0 Å². The smallest absolute Gasteiger partial charge is 0.177 e. The van der Waals surface area contributed by atoms with E-state index in [2.05, 4.69) is 10.6 Å². The third kappa shape index (κ3) is 1.98. The Hall–Kier alpha value is -1.59. The van der Waals surface area contributed by atoms with E-state index in [1.165, 1.54) is 0 Å². The van der Waals surface area contributed by atoms with Gasteiger partial charge in [-0.3, -0.25) is 4.79 Å². The average molecular weight is 276 g/mol. The molecule has 0 saturated carbocycles. The van der Waals surface area contributed by atoms with Crippen LogP contribution in [0.4, 0.5) is 0 Å². The molecule has 108 valence electrons. The number of hydrogen-bond acceptors (Lipinski definition) is 5. The number of ketones is 1. The van der Waals surface area contributed by atoms with Gasteiger partial charge >= 0.3 is 0 Å². The second-order valence-electron chi connectivity index (χ2n) is 5.36. The predicted molar refractivity (Wildman–Crippen MR) is 75.7 cm³/mol. The van der Waals surface area contributed by atoms with E-state index in [0.29, 0.717) is 18.0 Å². The lowest BCUT2D eigenvalue weighted by atomic mass is 9.75. The maximum atomic E-state index is 12.2. The summed E-state index contributed by atoms with van der Waals surface area (Å²) in [4.78, 5) is 12.2. The number of piperidine rings is 1. The summed E-state index contributed by atoms with van der Waals surface area (Å²) >= 11 is 0. The van der Waals surface area contributed by atoms with Crippen molar-refractivity contribution in [1.29, 1.82) is 0 Å². The Labute approximate surface area is 118 Å². The molecule has 0 aliphatic carbocycles. The molecule has 1 fully saturated rings. The molecule has 5 nitrogen and oxygen atoms in total. The lowest BCUT2D eigenvalue weighted by Crippen LogP contribution is -2.54. The first-order valence-corrected chi connectivity index (χ1v) is 6.95. The Kier molecular flexibility index (Phi) is 3.40. The lowest BCUT2D eigenvalue weighted by molar-refractivity contribution is 0.0939. The van der Waals surface area contributed by atoms with Gasteiger partial charge < -0.3 is 20.1 Å². The van der Waals surface area contributed by atoms with Gasteiger partial charge in [-0.25, -0.2) is 0 Å². The van der Waals surface area contributed by atoms with Gasteiger partial charge in [0.05, 0.1) is 20.8 Å². The molecule has 2 aliphatic heterocycles. The summed E-state index contributed by atoms with van der Waals surface area (Å²) in [5.74, 6) is 1.41. The minimum atomic E-state index is -0.117. The van der Waals surface area contributed by atoms with E-state index in [0.717, 1.165) is 37.1 Å². The molecule has 2 N–H and O–H groups in total. The van der Waals surface area contributed by atoms with Gasteiger partial charge in [0, 0.05) is 11.1 Å². The van der Waals surface area contributed by atoms with E-state index < -0.39 is 0 Å². The first-order chi connectivity index (χ1) is 9.70. The van der Waals surface area contributed by atoms with Crippen molar-refractivity contribution in [3.63, 3.8) is 0 Å².